The molecule has 0 atom stereocenters. The van der Waals surface area contributed by atoms with Crippen LogP contribution in [-0.2, 0) is 26.1 Å². The van der Waals surface area contributed by atoms with E-state index in [4.69, 9.17) is 10.1 Å². The van der Waals surface area contributed by atoms with Gasteiger partial charge >= 0.3 is 0 Å². The molecule has 10 nitrogen and oxygen atoms in total. The summed E-state index contributed by atoms with van der Waals surface area (Å²) >= 11 is 0. The maximum absolute atomic E-state index is 13.1. The maximum atomic E-state index is 13.1. The largest absolute Gasteiger partial charge is 0.378 e. The second-order valence-electron chi connectivity index (χ2n) is 7.86. The summed E-state index contributed by atoms with van der Waals surface area (Å²) in [6.07, 6.45) is 5.78. The number of nitrogens with one attached hydrogen (secondary N) is 3. The number of amides is 1. The summed E-state index contributed by atoms with van der Waals surface area (Å²) in [6, 6.07) is 3.18. The van der Waals surface area contributed by atoms with E-state index in [-0.39, 0.29) is 28.9 Å². The smallest absolute Gasteiger partial charge is 0.261 e. The third-order valence-corrected chi connectivity index (χ3v) is 7.62. The second-order valence-corrected chi connectivity index (χ2v) is 9.72. The van der Waals surface area contributed by atoms with Crippen LogP contribution in [0.4, 0.5) is 11.4 Å². The first-order valence-corrected chi connectivity index (χ1v) is 11.8. The minimum atomic E-state index is -3.61. The number of benzene rings is 1. The third kappa shape index (κ3) is 4.06. The molecule has 3 aliphatic heterocycles. The van der Waals surface area contributed by atoms with Crippen LogP contribution in [0.25, 0.3) is 0 Å². The molecule has 0 unspecified atom stereocenters. The Hall–Kier alpha value is -3.02. The number of fused-ring (bicyclic) bond motifs is 1. The van der Waals surface area contributed by atoms with Crippen molar-refractivity contribution in [1.29, 1.82) is 5.41 Å². The van der Waals surface area contributed by atoms with Gasteiger partial charge in [0.15, 0.2) is 0 Å². The van der Waals surface area contributed by atoms with Crippen LogP contribution in [0, 0.1) is 5.41 Å². The summed E-state index contributed by atoms with van der Waals surface area (Å²) in [7, 11) is -3.61. The van der Waals surface area contributed by atoms with Crippen LogP contribution in [0.1, 0.15) is 19.4 Å². The quantitative estimate of drug-likeness (QED) is 0.452. The molecule has 1 saturated heterocycles. The number of anilines is 2. The molecule has 32 heavy (non-hydrogen) atoms. The molecule has 0 saturated carbocycles. The zero-order chi connectivity index (χ0) is 22.9. The summed E-state index contributed by atoms with van der Waals surface area (Å²) < 4.78 is 33.1. The summed E-state index contributed by atoms with van der Waals surface area (Å²) in [5.74, 6) is -0.242. The van der Waals surface area contributed by atoms with Gasteiger partial charge in [0.2, 0.25) is 10.0 Å². The highest BCUT2D eigenvalue weighted by molar-refractivity contribution is 7.89. The molecule has 1 aromatic carbocycles. The number of hydrogen-bond acceptors (Lipinski definition) is 8. The SMILES string of the molecule is CC(C)N1Cc2cc(NC(=O)/C(C=N)=C3\N=CC=CN3)c(N3CCOCC3)cc2S1(=O)=O. The van der Waals surface area contributed by atoms with Gasteiger partial charge in [0.05, 0.1) is 35.1 Å². The fraction of sp³-hybridized carbons (Fsp3) is 0.381. The maximum Gasteiger partial charge on any atom is 0.261 e. The number of sulfonamides is 1. The molecular weight excluding hydrogens is 432 g/mol. The molecule has 0 spiro atoms. The molecule has 3 aliphatic rings. The molecule has 1 fully saturated rings. The average molecular weight is 459 g/mol. The van der Waals surface area contributed by atoms with Crippen molar-refractivity contribution in [2.45, 2.75) is 31.3 Å². The lowest BCUT2D eigenvalue weighted by atomic mass is 10.1. The Kier molecular flexibility index (Phi) is 6.13. The van der Waals surface area contributed by atoms with Crippen LogP contribution in [0.15, 0.2) is 45.7 Å². The minimum Gasteiger partial charge on any atom is -0.378 e. The zero-order valence-corrected chi connectivity index (χ0v) is 18.8. The minimum absolute atomic E-state index is 0.0652. The van der Waals surface area contributed by atoms with Crippen LogP contribution in [0.2, 0.25) is 0 Å². The monoisotopic (exact) mass is 458 g/mol. The second kappa shape index (κ2) is 8.85. The van der Waals surface area contributed by atoms with Crippen LogP contribution in [-0.4, -0.2) is 63.4 Å². The Morgan fingerprint density at radius 2 is 2.06 bits per heavy atom. The van der Waals surface area contributed by atoms with Gasteiger partial charge in [0, 0.05) is 44.3 Å². The number of rotatable bonds is 5. The van der Waals surface area contributed by atoms with Crippen LogP contribution in [0.3, 0.4) is 0 Å². The van der Waals surface area contributed by atoms with E-state index in [2.05, 4.69) is 15.6 Å². The summed E-state index contributed by atoms with van der Waals surface area (Å²) in [4.78, 5) is 19.4. The lowest BCUT2D eigenvalue weighted by Gasteiger charge is -2.31. The van der Waals surface area contributed by atoms with Crippen molar-refractivity contribution in [3.8, 4) is 0 Å². The molecule has 4 rings (SSSR count). The van der Waals surface area contributed by atoms with Crippen molar-refractivity contribution < 1.29 is 17.9 Å². The van der Waals surface area contributed by atoms with Crippen molar-refractivity contribution in [2.24, 2.45) is 4.99 Å². The summed E-state index contributed by atoms with van der Waals surface area (Å²) in [6.45, 7) is 6.09. The first-order chi connectivity index (χ1) is 15.3. The molecule has 0 radical (unpaired) electrons. The van der Waals surface area contributed by atoms with E-state index >= 15 is 0 Å². The fourth-order valence-corrected chi connectivity index (χ4v) is 5.72. The highest BCUT2D eigenvalue weighted by atomic mass is 32.2. The van der Waals surface area contributed by atoms with Gasteiger partial charge in [0.1, 0.15) is 5.82 Å². The normalized spacial score (nSPS) is 21.3. The van der Waals surface area contributed by atoms with E-state index in [0.29, 0.717) is 43.2 Å². The molecule has 0 bridgehead atoms. The van der Waals surface area contributed by atoms with E-state index in [1.807, 2.05) is 18.7 Å². The predicted molar refractivity (Wildman–Crippen MR) is 123 cm³/mol. The third-order valence-electron chi connectivity index (χ3n) is 5.52. The number of hydrogen-bond donors (Lipinski definition) is 3. The number of allylic oxidation sites excluding steroid dienone is 1. The van der Waals surface area contributed by atoms with Gasteiger partial charge < -0.3 is 25.7 Å². The number of nitrogens with zero attached hydrogens (tertiary/aromatic N) is 3. The van der Waals surface area contributed by atoms with Gasteiger partial charge in [-0.05, 0) is 37.6 Å². The van der Waals surface area contributed by atoms with Crippen molar-refractivity contribution >= 4 is 39.7 Å². The highest BCUT2D eigenvalue weighted by Gasteiger charge is 2.38. The van der Waals surface area contributed by atoms with E-state index in [9.17, 15) is 13.2 Å². The van der Waals surface area contributed by atoms with Crippen molar-refractivity contribution in [3.05, 3.63) is 41.4 Å². The topological polar surface area (TPSA) is 127 Å². The van der Waals surface area contributed by atoms with Gasteiger partial charge in [-0.1, -0.05) is 0 Å². The molecule has 0 aliphatic carbocycles. The van der Waals surface area contributed by atoms with Crippen LogP contribution < -0.4 is 15.5 Å². The molecule has 3 heterocycles. The molecular formula is C21H26N6O4S. The highest BCUT2D eigenvalue weighted by Crippen LogP contribution is 2.39. The number of carbonyl (C=O) groups excluding carboxylic acids is 1. The first kappa shape index (κ1) is 22.2. The Morgan fingerprint density at radius 1 is 1.31 bits per heavy atom. The van der Waals surface area contributed by atoms with Gasteiger partial charge in [-0.2, -0.15) is 4.31 Å². The Balaban J connectivity index is 1.75. The standard InChI is InChI=1S/C21H26N6O4S/c1-14(2)27-13-15-10-17(25-21(28)16(12-22)20-23-4-3-5-24-20)18(11-19(15)32(27,29)30)26-6-8-31-9-7-26/h3-5,10-12,14,22-23H,6-9,13H2,1-2H3,(H,25,28)/b20-16-,22-12?. The van der Waals surface area contributed by atoms with Crippen LogP contribution in [0.5, 0.6) is 0 Å². The van der Waals surface area contributed by atoms with E-state index in [1.165, 1.54) is 10.5 Å². The zero-order valence-electron chi connectivity index (χ0n) is 18.0. The van der Waals surface area contributed by atoms with E-state index in [1.54, 1.807) is 24.4 Å². The number of ether oxygens (including phenoxy) is 1. The number of aliphatic imine (C=N–C) groups is 1. The van der Waals surface area contributed by atoms with Crippen molar-refractivity contribution in [1.82, 2.24) is 9.62 Å². The first-order valence-electron chi connectivity index (χ1n) is 10.4. The predicted octanol–water partition coefficient (Wildman–Crippen LogP) is 1.42. The molecule has 1 amide bonds. The lowest BCUT2D eigenvalue weighted by Crippen LogP contribution is -2.37. The van der Waals surface area contributed by atoms with Gasteiger partial charge in [-0.3, -0.25) is 4.79 Å². The van der Waals surface area contributed by atoms with Gasteiger partial charge in [0.25, 0.3) is 5.91 Å². The molecule has 0 aromatic heterocycles. The van der Waals surface area contributed by atoms with E-state index in [0.717, 1.165) is 6.21 Å². The number of morpholine rings is 1. The average Bonchev–Trinajstić information content (AvgIpc) is 3.05. The van der Waals surface area contributed by atoms with Gasteiger partial charge in [-0.25, -0.2) is 13.4 Å². The number of carbonyl (C=O) groups is 1. The molecule has 170 valence electrons. The Morgan fingerprint density at radius 3 is 2.69 bits per heavy atom. The lowest BCUT2D eigenvalue weighted by molar-refractivity contribution is -0.112. The Labute approximate surface area is 187 Å². The summed E-state index contributed by atoms with van der Waals surface area (Å²) in [5, 5.41) is 13.4. The molecule has 1 aromatic rings. The molecule has 3 N–H and O–H groups in total. The van der Waals surface area contributed by atoms with Gasteiger partial charge in [-0.15, -0.1) is 0 Å². The Bertz CT molecular complexity index is 1130. The summed E-state index contributed by atoms with van der Waals surface area (Å²) in [5.41, 5.74) is 1.80. The molecule has 11 heteroatoms. The van der Waals surface area contributed by atoms with Crippen molar-refractivity contribution in [2.75, 3.05) is 36.5 Å². The van der Waals surface area contributed by atoms with Crippen molar-refractivity contribution in [3.63, 3.8) is 0 Å². The fourth-order valence-electron chi connectivity index (χ4n) is 3.89. The van der Waals surface area contributed by atoms with E-state index < -0.39 is 15.9 Å². The van der Waals surface area contributed by atoms with Crippen LogP contribution >= 0.6 is 0 Å².